The fourth-order valence-electron chi connectivity index (χ4n) is 7.78. The lowest BCUT2D eigenvalue weighted by Gasteiger charge is -2.38. The van der Waals surface area contributed by atoms with Crippen LogP contribution in [-0.4, -0.2) is 137 Å². The predicted octanol–water partition coefficient (Wildman–Crippen LogP) is 5.04. The second-order valence-corrected chi connectivity index (χ2v) is 16.7. The predicted molar refractivity (Wildman–Crippen MR) is 264 cm³/mol. The SMILES string of the molecule is CNc1cc(C(=O)Nc2ccc(NC(C)C)cc2)n(C)c1.CO.COc1cc(C(=O)N2CCCCC2C(O)OCc2ccc(OC3CC(O)CC(CO)O3)c([N+](=O)[O-])c2)c(NC=O)cc1OCCCC=O. The number of carbonyl (C=O) groups excluding carboxylic acids is 4. The number of nitrogens with one attached hydrogen (secondary N) is 4. The first-order chi connectivity index (χ1) is 34.2. The van der Waals surface area contributed by atoms with Crippen LogP contribution in [0.3, 0.4) is 0 Å². The Morgan fingerprint density at radius 3 is 2.35 bits per heavy atom. The highest BCUT2D eigenvalue weighted by Gasteiger charge is 2.35. The number of nitro benzene ring substituents is 1. The van der Waals surface area contributed by atoms with Crippen molar-refractivity contribution in [1.29, 1.82) is 0 Å². The zero-order valence-electron chi connectivity index (χ0n) is 40.9. The maximum atomic E-state index is 13.9. The molecule has 6 rings (SSSR count). The summed E-state index contributed by atoms with van der Waals surface area (Å²) in [5.41, 5.74) is 3.58. The van der Waals surface area contributed by atoms with Gasteiger partial charge >= 0.3 is 5.69 Å². The van der Waals surface area contributed by atoms with E-state index in [2.05, 4.69) is 35.1 Å². The quantitative estimate of drug-likeness (QED) is 0.0168. The molecule has 3 heterocycles. The number of aryl methyl sites for hydroxylation is 1. The second-order valence-electron chi connectivity index (χ2n) is 16.7. The van der Waals surface area contributed by atoms with Gasteiger partial charge in [0.05, 0.1) is 67.0 Å². The number of aliphatic hydroxyl groups is 4. The van der Waals surface area contributed by atoms with Crippen molar-refractivity contribution in [2.75, 3.05) is 62.3 Å². The van der Waals surface area contributed by atoms with Crippen molar-refractivity contribution in [2.45, 2.75) is 102 Å². The molecule has 2 aliphatic heterocycles. The third-order valence-corrected chi connectivity index (χ3v) is 11.2. The summed E-state index contributed by atoms with van der Waals surface area (Å²) in [6.07, 6.45) is 2.01. The first-order valence-electron chi connectivity index (χ1n) is 23.1. The third kappa shape index (κ3) is 16.6. The fraction of sp³-hybridized carbons (Fsp3) is 0.469. The van der Waals surface area contributed by atoms with E-state index in [0.29, 0.717) is 62.4 Å². The number of hydrogen-bond donors (Lipinski definition) is 8. The van der Waals surface area contributed by atoms with Crippen LogP contribution in [0.15, 0.2) is 66.9 Å². The number of nitrogens with zero attached hydrogens (tertiary/aromatic N) is 3. The minimum absolute atomic E-state index is 0.0706. The molecule has 3 aromatic carbocycles. The molecule has 2 saturated heterocycles. The minimum Gasteiger partial charge on any atom is -0.493 e. The lowest BCUT2D eigenvalue weighted by atomic mass is 9.99. The summed E-state index contributed by atoms with van der Waals surface area (Å²) >= 11 is 0. The van der Waals surface area contributed by atoms with Gasteiger partial charge in [-0.1, -0.05) is 6.07 Å². The van der Waals surface area contributed by atoms with Crippen LogP contribution in [-0.2, 0) is 32.7 Å². The van der Waals surface area contributed by atoms with Gasteiger partial charge in [0.2, 0.25) is 12.7 Å². The number of aliphatic hydroxyl groups excluding tert-OH is 4. The van der Waals surface area contributed by atoms with Crippen LogP contribution in [0.2, 0.25) is 0 Å². The zero-order chi connectivity index (χ0) is 52.0. The van der Waals surface area contributed by atoms with Crippen LogP contribution in [0, 0.1) is 10.1 Å². The normalized spacial score (nSPS) is 17.8. The van der Waals surface area contributed by atoms with E-state index in [-0.39, 0.29) is 72.8 Å². The van der Waals surface area contributed by atoms with E-state index in [9.17, 15) is 44.6 Å². The molecule has 0 aliphatic carbocycles. The molecule has 8 N–H and O–H groups in total. The van der Waals surface area contributed by atoms with Gasteiger partial charge in [0.1, 0.15) is 12.0 Å². The van der Waals surface area contributed by atoms with Crippen molar-refractivity contribution in [3.8, 4) is 17.2 Å². The maximum Gasteiger partial charge on any atom is 0.311 e. The summed E-state index contributed by atoms with van der Waals surface area (Å²) < 4.78 is 29.9. The van der Waals surface area contributed by atoms with E-state index in [4.69, 9.17) is 28.8 Å². The minimum atomic E-state index is -1.46. The van der Waals surface area contributed by atoms with E-state index < -0.39 is 41.7 Å². The van der Waals surface area contributed by atoms with Crippen molar-refractivity contribution < 1.29 is 68.2 Å². The Bertz CT molecular complexity index is 2350. The molecule has 22 heteroatoms. The van der Waals surface area contributed by atoms with Gasteiger partial charge in [-0.2, -0.15) is 0 Å². The number of likely N-dealkylation sites (tertiary alicyclic amines) is 1. The molecule has 22 nitrogen and oxygen atoms in total. The third-order valence-electron chi connectivity index (χ3n) is 11.2. The lowest BCUT2D eigenvalue weighted by Crippen LogP contribution is -2.50. The number of anilines is 4. The molecule has 2 fully saturated rings. The van der Waals surface area contributed by atoms with Crippen LogP contribution in [0.25, 0.3) is 0 Å². The molecule has 2 aliphatic rings. The molecule has 71 heavy (non-hydrogen) atoms. The Kier molecular flexibility index (Phi) is 23.0. The number of piperidine rings is 1. The molecule has 1 aromatic heterocycles. The first-order valence-corrected chi connectivity index (χ1v) is 23.1. The molecule has 0 saturated carbocycles. The monoisotopic (exact) mass is 993 g/mol. The molecular formula is C49H67N7O15. The highest BCUT2D eigenvalue weighted by molar-refractivity contribution is 6.04. The van der Waals surface area contributed by atoms with E-state index in [1.54, 1.807) is 4.57 Å². The number of nitro groups is 1. The van der Waals surface area contributed by atoms with Crippen molar-refractivity contribution >= 4 is 52.9 Å². The van der Waals surface area contributed by atoms with Crippen LogP contribution in [0.4, 0.5) is 28.4 Å². The van der Waals surface area contributed by atoms with E-state index in [1.807, 2.05) is 50.6 Å². The Morgan fingerprint density at radius 1 is 0.986 bits per heavy atom. The van der Waals surface area contributed by atoms with Gasteiger partial charge in [0, 0.05) is 82.8 Å². The molecule has 4 aromatic rings. The molecule has 3 amide bonds. The number of aldehydes is 1. The van der Waals surface area contributed by atoms with Crippen molar-refractivity contribution in [1.82, 2.24) is 9.47 Å². The molecule has 5 unspecified atom stereocenters. The number of aromatic nitrogens is 1. The van der Waals surface area contributed by atoms with Crippen LogP contribution < -0.4 is 35.5 Å². The van der Waals surface area contributed by atoms with E-state index in [1.165, 1.54) is 42.3 Å². The smallest absolute Gasteiger partial charge is 0.311 e. The number of carbonyl (C=O) groups is 4. The molecule has 0 radical (unpaired) electrons. The highest BCUT2D eigenvalue weighted by atomic mass is 16.7. The van der Waals surface area contributed by atoms with E-state index in [0.717, 1.165) is 30.5 Å². The van der Waals surface area contributed by atoms with Gasteiger partial charge < -0.3 is 79.6 Å². The summed E-state index contributed by atoms with van der Waals surface area (Å²) in [5, 5.41) is 61.2. The van der Waals surface area contributed by atoms with Gasteiger partial charge in [-0.15, -0.1) is 0 Å². The molecule has 388 valence electrons. The van der Waals surface area contributed by atoms with Crippen LogP contribution in [0.1, 0.15) is 85.2 Å². The van der Waals surface area contributed by atoms with Crippen molar-refractivity contribution in [2.24, 2.45) is 7.05 Å². The fourth-order valence-corrected chi connectivity index (χ4v) is 7.78. The Morgan fingerprint density at radius 2 is 1.72 bits per heavy atom. The largest absolute Gasteiger partial charge is 0.493 e. The van der Waals surface area contributed by atoms with Gasteiger partial charge in [-0.3, -0.25) is 24.5 Å². The number of rotatable bonds is 22. The Labute approximate surface area is 412 Å². The van der Waals surface area contributed by atoms with Gasteiger partial charge in [-0.05, 0) is 87.6 Å². The van der Waals surface area contributed by atoms with Crippen LogP contribution in [0.5, 0.6) is 17.2 Å². The molecule has 0 spiro atoms. The van der Waals surface area contributed by atoms with Gasteiger partial charge in [0.25, 0.3) is 11.8 Å². The number of ether oxygens (including phenoxy) is 5. The molecule has 0 bridgehead atoms. The first kappa shape index (κ1) is 56.8. The summed E-state index contributed by atoms with van der Waals surface area (Å²) in [6.45, 7) is 4.12. The average Bonchev–Trinajstić information content (AvgIpc) is 3.76. The Hall–Kier alpha value is -6.82. The number of hydrogen-bond acceptors (Lipinski definition) is 17. The summed E-state index contributed by atoms with van der Waals surface area (Å²) in [6, 6.07) is 16.2. The summed E-state index contributed by atoms with van der Waals surface area (Å²) in [4.78, 5) is 60.9. The maximum absolute atomic E-state index is 13.9. The van der Waals surface area contributed by atoms with Crippen molar-refractivity contribution in [3.63, 3.8) is 0 Å². The average molecular weight is 994 g/mol. The number of benzene rings is 3. The lowest BCUT2D eigenvalue weighted by molar-refractivity contribution is -0.386. The number of amides is 3. The summed E-state index contributed by atoms with van der Waals surface area (Å²) in [7, 11) is 6.09. The van der Waals surface area contributed by atoms with E-state index >= 15 is 0 Å². The zero-order valence-corrected chi connectivity index (χ0v) is 40.9. The summed E-state index contributed by atoms with van der Waals surface area (Å²) in [5.74, 6) is -0.209. The number of unbranched alkanes of at least 4 members (excludes halogenated alkanes) is 1. The molecular weight excluding hydrogens is 927 g/mol. The molecule has 5 atom stereocenters. The highest BCUT2D eigenvalue weighted by Crippen LogP contribution is 2.36. The van der Waals surface area contributed by atoms with Crippen LogP contribution >= 0.6 is 0 Å². The topological polar surface area (TPSA) is 295 Å². The Balaban J connectivity index is 0.000000395. The van der Waals surface area contributed by atoms with Gasteiger partial charge in [0.15, 0.2) is 23.5 Å². The second kappa shape index (κ2) is 28.7. The van der Waals surface area contributed by atoms with Crippen molar-refractivity contribution in [3.05, 3.63) is 93.8 Å². The van der Waals surface area contributed by atoms with Gasteiger partial charge in [-0.25, -0.2) is 0 Å². The standard InChI is InChI=1S/C32H41N3O13.C16H22N4O.CH4O/c1-44-28-15-23(24(33-19-38)16-29(28)45-11-5-4-10-36)31(40)34-9-3-2-6-25(34)32(41)46-18-20-7-8-27(26(12-20)35(42)43)48-30-14-21(39)13-22(17-37)47-30;1-11(2)18-12-5-7-13(8-6-12)19-16(21)15-9-14(17-3)10-20(15)4;1-2/h7-8,10,12,15-16,19,21-22,25,30,32,37,39,41H,2-6,9,11,13-14,17-18H2,1H3,(H,33,38);5-11,17-18H,1-4H3,(H,19,21);2H,1H3. The number of methoxy groups -OCH3 is 1.